The molecule has 0 aliphatic carbocycles. The first-order chi connectivity index (χ1) is 58.5. The van der Waals surface area contributed by atoms with Crippen LogP contribution in [0.2, 0.25) is 0 Å². The van der Waals surface area contributed by atoms with Gasteiger partial charge in [-0.05, 0) is 177 Å². The second-order valence-corrected chi connectivity index (χ2v) is 35.4. The minimum Gasteiger partial charge on any atom is -0.397 e. The van der Waals surface area contributed by atoms with Crippen LogP contribution in [0.3, 0.4) is 0 Å². The number of ketones is 1. The zero-order valence-corrected chi connectivity index (χ0v) is 69.0. The van der Waals surface area contributed by atoms with Crippen LogP contribution in [0.25, 0.3) is 88.1 Å². The molecule has 12 heterocycles. The van der Waals surface area contributed by atoms with E-state index in [4.69, 9.17) is 11.5 Å². The Kier molecular flexibility index (Phi) is 25.6. The summed E-state index contributed by atoms with van der Waals surface area (Å²) in [5.41, 5.74) is 25.6. The molecule has 12 aromatic heterocycles. The Morgan fingerprint density at radius 2 is 0.680 bits per heavy atom. The lowest BCUT2D eigenvalue weighted by Gasteiger charge is -2.10. The lowest BCUT2D eigenvalue weighted by Crippen LogP contribution is -2.16. The number of hydrogen-bond acceptors (Lipinski definition) is 25. The maximum atomic E-state index is 12.9. The van der Waals surface area contributed by atoms with Crippen LogP contribution in [0.15, 0.2) is 247 Å². The fraction of sp³-hybridized carbons (Fsp3) is 0.151. The Hall–Kier alpha value is -15.0. The number of H-pyrrole nitrogens is 4. The Balaban J connectivity index is 0.000000140. The third-order valence-electron chi connectivity index (χ3n) is 19.4. The number of aromatic nitrogens is 16. The van der Waals surface area contributed by atoms with E-state index in [0.717, 1.165) is 74.6 Å². The van der Waals surface area contributed by atoms with Gasteiger partial charge in [0.25, 0.3) is 23.6 Å². The van der Waals surface area contributed by atoms with Crippen molar-refractivity contribution in [2.45, 2.75) is 86.4 Å². The van der Waals surface area contributed by atoms with Crippen molar-refractivity contribution in [2.24, 2.45) is 5.92 Å². The molecule has 0 atom stereocenters. The average molecular weight is 1690 g/mol. The van der Waals surface area contributed by atoms with E-state index in [0.29, 0.717) is 90.4 Å². The minimum atomic E-state index is -3.48. The van der Waals surface area contributed by atoms with Crippen LogP contribution in [0.5, 0.6) is 0 Å². The first-order valence-corrected chi connectivity index (χ1v) is 43.0. The Morgan fingerprint density at radius 1 is 0.361 bits per heavy atom. The fourth-order valence-corrected chi connectivity index (χ4v) is 14.9. The van der Waals surface area contributed by atoms with Crippen LogP contribution < -0.4 is 32.7 Å². The number of aromatic amines is 4. The molecule has 122 heavy (non-hydrogen) atoms. The number of nitrogens with two attached hydrogens (primary N) is 2. The second-order valence-electron chi connectivity index (χ2n) is 28.5. The van der Waals surface area contributed by atoms with Crippen molar-refractivity contribution < 1.29 is 49.2 Å². The fourth-order valence-electron chi connectivity index (χ4n) is 12.5. The van der Waals surface area contributed by atoms with E-state index >= 15 is 0 Å². The number of anilines is 6. The molecule has 0 radical (unpaired) electrons. The van der Waals surface area contributed by atoms with Gasteiger partial charge in [0.2, 0.25) is 0 Å². The van der Waals surface area contributed by atoms with E-state index in [1.54, 1.807) is 102 Å². The number of Topliss-reactive ketones (excluding diaryl/α,β-unsaturated/α-hetero) is 1. The molecule has 0 unspecified atom stereocenters. The molecule has 16 aromatic rings. The number of sulfone groups is 3. The zero-order chi connectivity index (χ0) is 86.6. The first-order valence-electron chi connectivity index (χ1n) is 38.0. The van der Waals surface area contributed by atoms with Gasteiger partial charge in [0.1, 0.15) is 5.69 Å². The summed E-state index contributed by atoms with van der Waals surface area (Å²) < 4.78 is 71.7. The van der Waals surface area contributed by atoms with Crippen molar-refractivity contribution >= 4 is 137 Å². The number of amides is 4. The first kappa shape index (κ1) is 84.9. The number of pyridine rings is 8. The summed E-state index contributed by atoms with van der Waals surface area (Å²) in [6, 6.07) is 45.6. The van der Waals surface area contributed by atoms with Gasteiger partial charge in [0, 0.05) is 106 Å². The highest BCUT2D eigenvalue weighted by atomic mass is 32.2. The van der Waals surface area contributed by atoms with Gasteiger partial charge in [0.05, 0.1) is 91.5 Å². The van der Waals surface area contributed by atoms with Crippen LogP contribution in [0.1, 0.15) is 113 Å². The number of nitrogens with zero attached hydrogens (tertiary/aromatic N) is 12. The van der Waals surface area contributed by atoms with Crippen molar-refractivity contribution in [3.8, 4) is 44.5 Å². The van der Waals surface area contributed by atoms with Crippen molar-refractivity contribution in [3.05, 3.63) is 261 Å². The summed E-state index contributed by atoms with van der Waals surface area (Å²) in [6.07, 6.45) is 22.4. The highest BCUT2D eigenvalue weighted by Crippen LogP contribution is 2.32. The number of carbonyl (C=O) groups is 5. The SMILES string of the molecule is CC(C)S(=O)(=O)c1ccc(NC(=O)c2n[nH]c3ccc(-c4cccnc4)cc23)cn1.CC(C)S(=O)(=O)c1ccc(NC(=O)c2n[nH]c3ccc(-c4cncc(N)c4)cc23)cn1.CCC(CC)CC(=O)c1ccc(NC(=O)c2n[nH]c3ccc(-c4cccnc4)cc23)cn1.CS(=O)(=O)c1ccc(NC(=O)c2n[nH]c3ccc(-c4cncc(N)c4)cc23)cn1. The highest BCUT2D eigenvalue weighted by Gasteiger charge is 2.26. The molecule has 0 saturated carbocycles. The van der Waals surface area contributed by atoms with Gasteiger partial charge in [-0.3, -0.25) is 69.3 Å². The lowest BCUT2D eigenvalue weighted by molar-refractivity contribution is 0.0951. The molecule has 12 N–H and O–H groups in total. The van der Waals surface area contributed by atoms with Gasteiger partial charge < -0.3 is 32.7 Å². The van der Waals surface area contributed by atoms with Crippen LogP contribution in [-0.4, -0.2) is 152 Å². The largest absolute Gasteiger partial charge is 0.397 e. The molecule has 4 aromatic carbocycles. The monoisotopic (exact) mass is 1690 g/mol. The summed E-state index contributed by atoms with van der Waals surface area (Å²) in [7, 11) is -10.4. The summed E-state index contributed by atoms with van der Waals surface area (Å²) in [4.78, 5) is 96.1. The number of rotatable bonds is 22. The maximum absolute atomic E-state index is 12.9. The summed E-state index contributed by atoms with van der Waals surface area (Å²) >= 11 is 0. The molecule has 0 fully saturated rings. The van der Waals surface area contributed by atoms with Gasteiger partial charge in [-0.2, -0.15) is 20.4 Å². The molecule has 33 nitrogen and oxygen atoms in total. The number of carbonyl (C=O) groups excluding carboxylic acids is 5. The van der Waals surface area contributed by atoms with E-state index in [2.05, 4.69) is 116 Å². The Bertz CT molecular complexity index is 6910. The molecule has 36 heteroatoms. The molecular weight excluding hydrogens is 1610 g/mol. The van der Waals surface area contributed by atoms with Crippen molar-refractivity contribution in [1.29, 1.82) is 0 Å². The number of nitrogen functional groups attached to an aromatic ring is 2. The molecular formula is C86H80N22O11S3. The number of benzene rings is 4. The van der Waals surface area contributed by atoms with Crippen LogP contribution in [0, 0.1) is 5.92 Å². The van der Waals surface area contributed by atoms with Crippen LogP contribution in [-0.2, 0) is 29.5 Å². The predicted molar refractivity (Wildman–Crippen MR) is 466 cm³/mol. The van der Waals surface area contributed by atoms with Crippen molar-refractivity contribution in [2.75, 3.05) is 39.0 Å². The number of fused-ring (bicyclic) bond motifs is 4. The standard InChI is InChI=1S/C25H25N5O2.C21H20N6O3S.C21H19N5O3S.C19H16N6O3S/c1-3-16(4-2)12-23(31)22-10-8-19(15-27-22)28-25(32)24-20-13-17(7-9-21(20)29-30-24)18-6-5-11-26-14-18;1-12(2)31(29,30)19-6-4-16(11-24-19)25-21(28)20-17-8-13(3-5-18(17)26-27-20)14-7-15(22)10-23-9-14;1-13(2)30(28,29)19-8-6-16(12-23-19)24-21(27)20-17-10-14(5-7-18(17)25-26-20)15-4-3-9-22-11-15;1-29(27,28)17-5-3-14(10-22-17)23-19(26)18-15-7-11(2-4-16(15)24-25-18)12-6-13(20)9-21-8-12/h5-11,13-16H,3-4,12H2,1-2H3,(H,28,32)(H,29,30);3-12H,22H2,1-2H3,(H,25,28)(H,26,27);3-13H,1-2H3,(H,24,27)(H,25,26);2-10H,20H2,1H3,(H,23,26)(H,24,25). The Labute approximate surface area is 698 Å². The van der Waals surface area contributed by atoms with Gasteiger partial charge >= 0.3 is 0 Å². The van der Waals surface area contributed by atoms with Crippen LogP contribution in [0.4, 0.5) is 34.1 Å². The van der Waals surface area contributed by atoms with Gasteiger partial charge in [0.15, 0.2) is 73.1 Å². The lowest BCUT2D eigenvalue weighted by atomic mass is 9.96. The molecule has 16 rings (SSSR count). The molecule has 618 valence electrons. The van der Waals surface area contributed by atoms with Gasteiger partial charge in [-0.1, -0.05) is 63.1 Å². The van der Waals surface area contributed by atoms with E-state index in [9.17, 15) is 49.2 Å². The van der Waals surface area contributed by atoms with E-state index in [1.807, 2.05) is 97.1 Å². The number of hydrogen-bond donors (Lipinski definition) is 10. The topological polar surface area (TPSA) is 506 Å². The molecule has 0 spiro atoms. The van der Waals surface area contributed by atoms with E-state index in [1.165, 1.54) is 61.2 Å². The van der Waals surface area contributed by atoms with Crippen molar-refractivity contribution in [1.82, 2.24) is 80.7 Å². The second kappa shape index (κ2) is 36.9. The summed E-state index contributed by atoms with van der Waals surface area (Å²) in [6.45, 7) is 10.5. The van der Waals surface area contributed by atoms with Crippen LogP contribution >= 0.6 is 0 Å². The molecule has 4 amide bonds. The third-order valence-corrected chi connectivity index (χ3v) is 24.5. The zero-order valence-electron chi connectivity index (χ0n) is 66.5. The number of nitrogens with one attached hydrogen (secondary N) is 8. The van der Waals surface area contributed by atoms with Gasteiger partial charge in [-0.15, -0.1) is 0 Å². The van der Waals surface area contributed by atoms with Gasteiger partial charge in [-0.25, -0.2) is 40.2 Å². The minimum absolute atomic E-state index is 0.0257. The summed E-state index contributed by atoms with van der Waals surface area (Å²) in [5, 5.41) is 40.2. The Morgan fingerprint density at radius 3 is 0.959 bits per heavy atom. The third kappa shape index (κ3) is 19.9. The quantitative estimate of drug-likeness (QED) is 0.0282. The average Bonchev–Trinajstić information content (AvgIpc) is 1.63. The normalized spacial score (nSPS) is 11.5. The summed E-state index contributed by atoms with van der Waals surface area (Å²) in [5.74, 6) is -1.28. The molecule has 0 saturated heterocycles. The van der Waals surface area contributed by atoms with Crippen molar-refractivity contribution in [3.63, 3.8) is 0 Å². The van der Waals surface area contributed by atoms with E-state index in [-0.39, 0.29) is 43.9 Å². The molecule has 0 bridgehead atoms. The highest BCUT2D eigenvalue weighted by molar-refractivity contribution is 7.92. The maximum Gasteiger partial charge on any atom is 0.276 e. The smallest absolute Gasteiger partial charge is 0.276 e. The predicted octanol–water partition coefficient (Wildman–Crippen LogP) is 14.0. The molecule has 0 aliphatic heterocycles. The van der Waals surface area contributed by atoms with E-state index < -0.39 is 57.7 Å². The molecule has 0 aliphatic rings.